The zero-order chi connectivity index (χ0) is 36.9. The van der Waals surface area contributed by atoms with E-state index in [9.17, 15) is 27.6 Å². The zero-order valence-corrected chi connectivity index (χ0v) is 28.9. The first kappa shape index (κ1) is 37.8. The highest BCUT2D eigenvalue weighted by Gasteiger charge is 2.41. The molecular weight excluding hydrogens is 669 g/mol. The molecule has 4 aromatic carbocycles. The van der Waals surface area contributed by atoms with Crippen LogP contribution in [-0.4, -0.2) is 53.5 Å². The highest BCUT2D eigenvalue weighted by atomic mass is 19.4. The monoisotopic (exact) mass is 712 g/mol. The second kappa shape index (κ2) is 18.2. The van der Waals surface area contributed by atoms with Crippen molar-refractivity contribution in [1.82, 2.24) is 15.2 Å². The van der Waals surface area contributed by atoms with Gasteiger partial charge in [0.05, 0.1) is 0 Å². The molecule has 0 unspecified atom stereocenters. The highest BCUT2D eigenvalue weighted by molar-refractivity contribution is 6.01. The van der Waals surface area contributed by atoms with E-state index in [1.165, 1.54) is 12.1 Å². The number of halogens is 3. The second-order valence-corrected chi connectivity index (χ2v) is 12.7. The summed E-state index contributed by atoms with van der Waals surface area (Å²) in [5, 5.41) is 4.10. The van der Waals surface area contributed by atoms with Crippen LogP contribution in [0.2, 0.25) is 0 Å². The number of nitrogens with one attached hydrogen (secondary N) is 2. The van der Waals surface area contributed by atoms with Crippen molar-refractivity contribution in [3.63, 3.8) is 0 Å². The standard InChI is InChI=1S/C41H43F3N4O4/c42-41(43,44)40(51)52-33-19-16-29(17-20-33)22-25-48(38(49)21-18-32-27-47-37-15-6-5-13-35(32)37)28-30-10-9-11-31(26-30)34-12-3-4-14-36(34)39(50)46-24-8-2-1-7-23-45/h3-6,9-17,19-20,26-27,47H,1-2,7-8,18,21-25,28,45H2,(H,46,50). The summed E-state index contributed by atoms with van der Waals surface area (Å²) in [6.07, 6.45) is 1.94. The number of fused-ring (bicyclic) bond motifs is 1. The van der Waals surface area contributed by atoms with Crippen molar-refractivity contribution in [2.45, 2.75) is 57.7 Å². The molecule has 0 saturated heterocycles. The Labute approximate surface area is 301 Å². The van der Waals surface area contributed by atoms with Gasteiger partial charge in [-0.1, -0.05) is 79.6 Å². The fraction of sp³-hybridized carbons (Fsp3) is 0.293. The average Bonchev–Trinajstić information content (AvgIpc) is 3.57. The lowest BCUT2D eigenvalue weighted by Crippen LogP contribution is -2.32. The van der Waals surface area contributed by atoms with Gasteiger partial charge in [-0.2, -0.15) is 13.2 Å². The fourth-order valence-electron chi connectivity index (χ4n) is 6.09. The van der Waals surface area contributed by atoms with Crippen LogP contribution in [0.25, 0.3) is 22.0 Å². The molecule has 0 spiro atoms. The van der Waals surface area contributed by atoms with Crippen LogP contribution < -0.4 is 15.8 Å². The Morgan fingerprint density at radius 1 is 0.808 bits per heavy atom. The van der Waals surface area contributed by atoms with E-state index in [2.05, 4.69) is 15.0 Å². The summed E-state index contributed by atoms with van der Waals surface area (Å²) in [6, 6.07) is 28.9. The van der Waals surface area contributed by atoms with Gasteiger partial charge in [0.2, 0.25) is 5.91 Å². The van der Waals surface area contributed by atoms with Crippen LogP contribution >= 0.6 is 0 Å². The molecular formula is C41H43F3N4O4. The molecule has 0 atom stereocenters. The lowest BCUT2D eigenvalue weighted by Gasteiger charge is -2.24. The Balaban J connectivity index is 1.30. The van der Waals surface area contributed by atoms with Gasteiger partial charge in [-0.15, -0.1) is 0 Å². The lowest BCUT2D eigenvalue weighted by molar-refractivity contribution is -0.189. The third kappa shape index (κ3) is 10.6. The van der Waals surface area contributed by atoms with Crippen molar-refractivity contribution >= 4 is 28.7 Å². The molecule has 272 valence electrons. The first-order chi connectivity index (χ1) is 25.1. The van der Waals surface area contributed by atoms with Crippen molar-refractivity contribution in [1.29, 1.82) is 0 Å². The van der Waals surface area contributed by atoms with E-state index in [4.69, 9.17) is 5.73 Å². The number of nitrogens with zero attached hydrogens (tertiary/aromatic N) is 1. The predicted molar refractivity (Wildman–Crippen MR) is 196 cm³/mol. The number of alkyl halides is 3. The number of carbonyl (C=O) groups excluding carboxylic acids is 3. The second-order valence-electron chi connectivity index (χ2n) is 12.7. The number of ether oxygens (including phenoxy) is 1. The molecule has 0 fully saturated rings. The number of amides is 2. The number of aromatic nitrogens is 1. The van der Waals surface area contributed by atoms with E-state index in [1.54, 1.807) is 17.0 Å². The number of hydrogen-bond donors (Lipinski definition) is 3. The Morgan fingerprint density at radius 3 is 2.35 bits per heavy atom. The molecule has 0 bridgehead atoms. The van der Waals surface area contributed by atoms with E-state index >= 15 is 0 Å². The van der Waals surface area contributed by atoms with Gasteiger partial charge in [-0.25, -0.2) is 4.79 Å². The summed E-state index contributed by atoms with van der Waals surface area (Å²) >= 11 is 0. The van der Waals surface area contributed by atoms with Gasteiger partial charge in [0.15, 0.2) is 0 Å². The smallest absolute Gasteiger partial charge is 0.420 e. The predicted octanol–water partition coefficient (Wildman–Crippen LogP) is 7.76. The summed E-state index contributed by atoms with van der Waals surface area (Å²) in [4.78, 5) is 43.3. The van der Waals surface area contributed by atoms with E-state index in [-0.39, 0.29) is 24.0 Å². The molecule has 0 radical (unpaired) electrons. The Hall–Kier alpha value is -5.42. The third-order valence-corrected chi connectivity index (χ3v) is 8.87. The van der Waals surface area contributed by atoms with Crippen LogP contribution in [-0.2, 0) is 29.0 Å². The number of aromatic amines is 1. The number of esters is 1. The van der Waals surface area contributed by atoms with Crippen molar-refractivity contribution in [3.8, 4) is 16.9 Å². The minimum Gasteiger partial charge on any atom is -0.420 e. The van der Waals surface area contributed by atoms with Crippen LogP contribution in [0.3, 0.4) is 0 Å². The molecule has 52 heavy (non-hydrogen) atoms. The maximum atomic E-state index is 13.8. The lowest BCUT2D eigenvalue weighted by atomic mass is 9.97. The summed E-state index contributed by atoms with van der Waals surface area (Å²) < 4.78 is 42.3. The minimum atomic E-state index is -5.09. The number of hydrogen-bond acceptors (Lipinski definition) is 5. The normalized spacial score (nSPS) is 11.4. The van der Waals surface area contributed by atoms with Crippen molar-refractivity contribution in [3.05, 3.63) is 126 Å². The molecule has 0 saturated carbocycles. The molecule has 0 aliphatic heterocycles. The molecule has 4 N–H and O–H groups in total. The van der Waals surface area contributed by atoms with E-state index in [1.807, 2.05) is 79.0 Å². The number of rotatable bonds is 17. The molecule has 0 aliphatic carbocycles. The quantitative estimate of drug-likeness (QED) is 0.0518. The van der Waals surface area contributed by atoms with Crippen molar-refractivity contribution < 1.29 is 32.3 Å². The molecule has 8 nitrogen and oxygen atoms in total. The molecule has 2 amide bonds. The Kier molecular flexibility index (Phi) is 13.2. The Morgan fingerprint density at radius 2 is 1.56 bits per heavy atom. The topological polar surface area (TPSA) is 118 Å². The van der Waals surface area contributed by atoms with E-state index in [0.717, 1.165) is 64.4 Å². The molecule has 1 heterocycles. The third-order valence-electron chi connectivity index (χ3n) is 8.87. The molecule has 1 aromatic heterocycles. The van der Waals surface area contributed by atoms with Crippen LogP contribution in [0.5, 0.6) is 5.75 Å². The average molecular weight is 713 g/mol. The van der Waals surface area contributed by atoms with Crippen LogP contribution in [0, 0.1) is 0 Å². The number of carbonyl (C=O) groups is 3. The van der Waals surface area contributed by atoms with Gasteiger partial charge in [0.25, 0.3) is 5.91 Å². The number of aryl methyl sites for hydroxylation is 1. The molecule has 5 aromatic rings. The van der Waals surface area contributed by atoms with Crippen molar-refractivity contribution in [2.24, 2.45) is 5.73 Å². The van der Waals surface area contributed by atoms with Crippen LogP contribution in [0.4, 0.5) is 13.2 Å². The Bertz CT molecular complexity index is 1960. The van der Waals surface area contributed by atoms with E-state index < -0.39 is 12.1 Å². The largest absolute Gasteiger partial charge is 0.491 e. The van der Waals surface area contributed by atoms with Crippen LogP contribution in [0.1, 0.15) is 59.2 Å². The van der Waals surface area contributed by atoms with Gasteiger partial charge in [-0.3, -0.25) is 9.59 Å². The van der Waals surface area contributed by atoms with Gasteiger partial charge < -0.3 is 25.7 Å². The number of H-pyrrole nitrogens is 1. The number of para-hydroxylation sites is 1. The highest BCUT2D eigenvalue weighted by Crippen LogP contribution is 2.26. The van der Waals surface area contributed by atoms with Gasteiger partial charge in [-0.05, 0) is 90.4 Å². The van der Waals surface area contributed by atoms with Gasteiger partial charge in [0.1, 0.15) is 5.75 Å². The van der Waals surface area contributed by atoms with Crippen LogP contribution in [0.15, 0.2) is 103 Å². The van der Waals surface area contributed by atoms with E-state index in [0.29, 0.717) is 44.6 Å². The first-order valence-corrected chi connectivity index (χ1v) is 17.5. The molecule has 11 heteroatoms. The molecule has 0 aliphatic rings. The summed E-state index contributed by atoms with van der Waals surface area (Å²) in [6.45, 7) is 1.89. The van der Waals surface area contributed by atoms with Gasteiger partial charge >= 0.3 is 12.1 Å². The minimum absolute atomic E-state index is 0.0577. The first-order valence-electron chi connectivity index (χ1n) is 17.5. The van der Waals surface area contributed by atoms with Gasteiger partial charge in [0, 0.05) is 48.7 Å². The number of unbranched alkanes of at least 4 members (excludes halogenated alkanes) is 3. The number of nitrogens with two attached hydrogens (primary N) is 1. The maximum absolute atomic E-state index is 13.8. The fourth-order valence-corrected chi connectivity index (χ4v) is 6.09. The zero-order valence-electron chi connectivity index (χ0n) is 28.9. The SMILES string of the molecule is NCCCCCCNC(=O)c1ccccc1-c1cccc(CN(CCc2ccc(OC(=O)C(F)(F)F)cc2)C(=O)CCc2c[nH]c3ccccc23)c1. The summed E-state index contributed by atoms with van der Waals surface area (Å²) in [5.74, 6) is -2.71. The molecule has 5 rings (SSSR count). The van der Waals surface area contributed by atoms with Crippen molar-refractivity contribution in [2.75, 3.05) is 19.6 Å². The summed E-state index contributed by atoms with van der Waals surface area (Å²) in [5.41, 5.74) is 11.5. The number of benzene rings is 4. The summed E-state index contributed by atoms with van der Waals surface area (Å²) in [7, 11) is 0. The maximum Gasteiger partial charge on any atom is 0.491 e.